The summed E-state index contributed by atoms with van der Waals surface area (Å²) in [5.74, 6) is 0. The van der Waals surface area contributed by atoms with Crippen molar-refractivity contribution in [1.29, 1.82) is 0 Å². The molecule has 0 saturated carbocycles. The van der Waals surface area contributed by atoms with E-state index in [9.17, 15) is 13.2 Å². The predicted molar refractivity (Wildman–Crippen MR) is 97.8 cm³/mol. The van der Waals surface area contributed by atoms with E-state index in [1.54, 1.807) is 24.1 Å². The highest BCUT2D eigenvalue weighted by atomic mass is 79.9. The third-order valence-corrected chi connectivity index (χ3v) is 7.81. The number of piperidine rings is 1. The molecule has 1 saturated heterocycles. The molecule has 9 heteroatoms. The molecule has 0 bridgehead atoms. The average molecular weight is 439 g/mol. The van der Waals surface area contributed by atoms with Crippen LogP contribution in [0.2, 0.25) is 0 Å². The minimum absolute atomic E-state index is 0.116. The summed E-state index contributed by atoms with van der Waals surface area (Å²) in [7, 11) is -1.89. The van der Waals surface area contributed by atoms with Gasteiger partial charge in [-0.25, -0.2) is 13.2 Å². The SMILES string of the molecule is CN(C1CCN(C(=O)OC(C)(C)C)CC1)S(=O)(=O)c1ccc(Br)s1. The summed E-state index contributed by atoms with van der Waals surface area (Å²) in [6.07, 6.45) is 0.858. The lowest BCUT2D eigenvalue weighted by molar-refractivity contribution is 0.0183. The van der Waals surface area contributed by atoms with Crippen LogP contribution in [0.15, 0.2) is 20.1 Å². The first-order valence-corrected chi connectivity index (χ1v) is 10.8. The van der Waals surface area contributed by atoms with Gasteiger partial charge < -0.3 is 9.64 Å². The number of likely N-dealkylation sites (tertiary alicyclic amines) is 1. The standard InChI is InChI=1S/C15H23BrN2O4S2/c1-15(2,3)22-14(19)18-9-7-11(8-10-18)17(4)24(20,21)13-6-5-12(16)23-13/h5-6,11H,7-10H2,1-4H3. The van der Waals surface area contributed by atoms with E-state index in [0.717, 1.165) is 3.79 Å². The lowest BCUT2D eigenvalue weighted by Gasteiger charge is -2.36. The molecule has 0 N–H and O–H groups in total. The number of hydrogen-bond donors (Lipinski definition) is 0. The van der Waals surface area contributed by atoms with E-state index in [1.165, 1.54) is 15.6 Å². The summed E-state index contributed by atoms with van der Waals surface area (Å²) in [6, 6.07) is 3.22. The van der Waals surface area contributed by atoms with Gasteiger partial charge in [-0.15, -0.1) is 11.3 Å². The van der Waals surface area contributed by atoms with Crippen LogP contribution in [0, 0.1) is 0 Å². The van der Waals surface area contributed by atoms with Crippen molar-refractivity contribution < 1.29 is 17.9 Å². The molecule has 6 nitrogen and oxygen atoms in total. The van der Waals surface area contributed by atoms with Crippen LogP contribution in [0.5, 0.6) is 0 Å². The van der Waals surface area contributed by atoms with Gasteiger partial charge in [-0.2, -0.15) is 4.31 Å². The Morgan fingerprint density at radius 1 is 1.33 bits per heavy atom. The maximum absolute atomic E-state index is 12.7. The first-order chi connectivity index (χ1) is 11.0. The average Bonchev–Trinajstić information content (AvgIpc) is 2.92. The van der Waals surface area contributed by atoms with Gasteiger partial charge in [-0.05, 0) is 61.7 Å². The van der Waals surface area contributed by atoms with Gasteiger partial charge >= 0.3 is 6.09 Å². The lowest BCUT2D eigenvalue weighted by atomic mass is 10.1. The van der Waals surface area contributed by atoms with Crippen molar-refractivity contribution in [3.63, 3.8) is 0 Å². The molecule has 0 spiro atoms. The number of amides is 1. The Balaban J connectivity index is 1.98. The fraction of sp³-hybridized carbons (Fsp3) is 0.667. The van der Waals surface area contributed by atoms with Gasteiger partial charge in [0.25, 0.3) is 10.0 Å². The molecule has 136 valence electrons. The van der Waals surface area contributed by atoms with Crippen LogP contribution in [-0.4, -0.2) is 55.5 Å². The van der Waals surface area contributed by atoms with E-state index >= 15 is 0 Å². The van der Waals surface area contributed by atoms with Gasteiger partial charge in [0.15, 0.2) is 0 Å². The summed E-state index contributed by atoms with van der Waals surface area (Å²) >= 11 is 4.50. The zero-order valence-electron chi connectivity index (χ0n) is 14.3. The Labute approximate surface area is 156 Å². The molecular formula is C15H23BrN2O4S2. The number of thiophene rings is 1. The topological polar surface area (TPSA) is 66.9 Å². The van der Waals surface area contributed by atoms with Crippen LogP contribution in [0.25, 0.3) is 0 Å². The van der Waals surface area contributed by atoms with Gasteiger partial charge in [0.1, 0.15) is 9.81 Å². The smallest absolute Gasteiger partial charge is 0.410 e. The van der Waals surface area contributed by atoms with Crippen LogP contribution < -0.4 is 0 Å². The molecule has 0 radical (unpaired) electrons. The van der Waals surface area contributed by atoms with E-state index in [1.807, 2.05) is 20.8 Å². The molecule has 1 aromatic rings. The highest BCUT2D eigenvalue weighted by Gasteiger charge is 2.33. The summed E-state index contributed by atoms with van der Waals surface area (Å²) in [4.78, 5) is 13.7. The lowest BCUT2D eigenvalue weighted by Crippen LogP contribution is -2.48. The molecule has 0 atom stereocenters. The molecule has 1 aliphatic rings. The molecule has 0 aromatic carbocycles. The predicted octanol–water partition coefficient (Wildman–Crippen LogP) is 3.53. The number of nitrogens with zero attached hydrogens (tertiary/aromatic N) is 2. The maximum atomic E-state index is 12.7. The summed E-state index contributed by atoms with van der Waals surface area (Å²) < 4.78 is 33.2. The molecule has 0 unspecified atom stereocenters. The quantitative estimate of drug-likeness (QED) is 0.723. The number of carbonyl (C=O) groups is 1. The minimum atomic E-state index is -3.50. The van der Waals surface area contributed by atoms with Crippen molar-refractivity contribution in [1.82, 2.24) is 9.21 Å². The van der Waals surface area contributed by atoms with Crippen molar-refractivity contribution in [3.8, 4) is 0 Å². The van der Waals surface area contributed by atoms with E-state index in [0.29, 0.717) is 30.1 Å². The number of carbonyl (C=O) groups excluding carboxylic acids is 1. The molecule has 1 fully saturated rings. The number of rotatable bonds is 3. The van der Waals surface area contributed by atoms with Crippen molar-refractivity contribution in [3.05, 3.63) is 15.9 Å². The van der Waals surface area contributed by atoms with Gasteiger partial charge in [-0.1, -0.05) is 0 Å². The summed E-state index contributed by atoms with van der Waals surface area (Å²) in [5, 5.41) is 0. The Kier molecular flexibility index (Phi) is 5.99. The van der Waals surface area contributed by atoms with Crippen LogP contribution in [0.1, 0.15) is 33.6 Å². The highest BCUT2D eigenvalue weighted by molar-refractivity contribution is 9.11. The van der Waals surface area contributed by atoms with E-state index < -0.39 is 15.6 Å². The number of sulfonamides is 1. The number of ether oxygens (including phenoxy) is 1. The highest BCUT2D eigenvalue weighted by Crippen LogP contribution is 2.30. The fourth-order valence-corrected chi connectivity index (χ4v) is 6.12. The molecule has 24 heavy (non-hydrogen) atoms. The Hall–Kier alpha value is -0.640. The normalized spacial score (nSPS) is 17.3. The molecule has 2 heterocycles. The first-order valence-electron chi connectivity index (χ1n) is 7.72. The molecular weight excluding hydrogens is 416 g/mol. The minimum Gasteiger partial charge on any atom is -0.444 e. The first kappa shape index (κ1) is 19.7. The zero-order chi connectivity index (χ0) is 18.1. The van der Waals surface area contributed by atoms with Crippen LogP contribution in [-0.2, 0) is 14.8 Å². The van der Waals surface area contributed by atoms with Gasteiger partial charge in [0, 0.05) is 26.2 Å². The van der Waals surface area contributed by atoms with Crippen molar-refractivity contribution in [2.24, 2.45) is 0 Å². The van der Waals surface area contributed by atoms with E-state index in [-0.39, 0.29) is 12.1 Å². The van der Waals surface area contributed by atoms with Crippen LogP contribution in [0.3, 0.4) is 0 Å². The van der Waals surface area contributed by atoms with Gasteiger partial charge in [0.2, 0.25) is 0 Å². The fourth-order valence-electron chi connectivity index (χ4n) is 2.51. The van der Waals surface area contributed by atoms with Gasteiger partial charge in [-0.3, -0.25) is 0 Å². The van der Waals surface area contributed by atoms with Crippen molar-refractivity contribution >= 4 is 43.4 Å². The van der Waals surface area contributed by atoms with Crippen molar-refractivity contribution in [2.45, 2.75) is 49.5 Å². The number of halogens is 1. The molecule has 1 aromatic heterocycles. The Morgan fingerprint density at radius 3 is 2.38 bits per heavy atom. The maximum Gasteiger partial charge on any atom is 0.410 e. The summed E-state index contributed by atoms with van der Waals surface area (Å²) in [5.41, 5.74) is -0.527. The van der Waals surface area contributed by atoms with Gasteiger partial charge in [0.05, 0.1) is 3.79 Å². The molecule has 1 amide bonds. The second-order valence-corrected chi connectivity index (χ2v) is 11.5. The monoisotopic (exact) mass is 438 g/mol. The largest absolute Gasteiger partial charge is 0.444 e. The third-order valence-electron chi connectivity index (χ3n) is 3.81. The molecule has 1 aliphatic heterocycles. The van der Waals surface area contributed by atoms with E-state index in [2.05, 4.69) is 15.9 Å². The van der Waals surface area contributed by atoms with Crippen LogP contribution >= 0.6 is 27.3 Å². The second-order valence-electron chi connectivity index (χ2n) is 6.78. The molecule has 2 rings (SSSR count). The zero-order valence-corrected chi connectivity index (χ0v) is 17.5. The Bertz CT molecular complexity index is 689. The molecule has 0 aliphatic carbocycles. The second kappa shape index (κ2) is 7.31. The summed E-state index contributed by atoms with van der Waals surface area (Å²) in [6.45, 7) is 6.48. The van der Waals surface area contributed by atoms with Crippen molar-refractivity contribution in [2.75, 3.05) is 20.1 Å². The van der Waals surface area contributed by atoms with Crippen LogP contribution in [0.4, 0.5) is 4.79 Å². The Morgan fingerprint density at radius 2 is 1.92 bits per heavy atom. The number of hydrogen-bond acceptors (Lipinski definition) is 5. The third kappa shape index (κ3) is 4.71. The van der Waals surface area contributed by atoms with E-state index in [4.69, 9.17) is 4.74 Å².